The van der Waals surface area contributed by atoms with Crippen LogP contribution in [0.4, 0.5) is 5.69 Å². The monoisotopic (exact) mass is 329 g/mol. The number of phenols is 1. The van der Waals surface area contributed by atoms with Crippen LogP contribution in [0, 0.1) is 0 Å². The molecule has 25 heavy (non-hydrogen) atoms. The van der Waals surface area contributed by atoms with Crippen LogP contribution >= 0.6 is 0 Å². The van der Waals surface area contributed by atoms with Crippen LogP contribution in [0.15, 0.2) is 77.8 Å². The van der Waals surface area contributed by atoms with Crippen molar-refractivity contribution in [2.24, 2.45) is 4.99 Å². The van der Waals surface area contributed by atoms with Gasteiger partial charge in [0, 0.05) is 17.3 Å². The Labute approximate surface area is 149 Å². The van der Waals surface area contributed by atoms with E-state index in [1.165, 1.54) is 0 Å². The third kappa shape index (κ3) is 3.97. The van der Waals surface area contributed by atoms with E-state index in [1.807, 2.05) is 54.6 Å². The number of aromatic hydroxyl groups is 1. The fourth-order valence-electron chi connectivity index (χ4n) is 2.78. The van der Waals surface area contributed by atoms with E-state index in [-0.39, 0.29) is 5.41 Å². The molecule has 1 N–H and O–H groups in total. The summed E-state index contributed by atoms with van der Waals surface area (Å²) in [4.78, 5) is 4.51. The summed E-state index contributed by atoms with van der Waals surface area (Å²) < 4.78 is 0. The summed E-state index contributed by atoms with van der Waals surface area (Å²) in [6, 6.07) is 24.0. The Hall–Kier alpha value is -2.87. The van der Waals surface area contributed by atoms with Gasteiger partial charge in [0.05, 0.1) is 5.69 Å². The molecule has 0 unspecified atom stereocenters. The molecule has 0 saturated heterocycles. The van der Waals surface area contributed by atoms with Gasteiger partial charge in [0.2, 0.25) is 0 Å². The van der Waals surface area contributed by atoms with E-state index in [4.69, 9.17) is 0 Å². The summed E-state index contributed by atoms with van der Waals surface area (Å²) >= 11 is 0. The molecule has 2 heteroatoms. The van der Waals surface area contributed by atoms with Crippen molar-refractivity contribution < 1.29 is 5.11 Å². The molecule has 0 aromatic heterocycles. The Morgan fingerprint density at radius 3 is 2.00 bits per heavy atom. The van der Waals surface area contributed by atoms with Crippen molar-refractivity contribution in [2.45, 2.75) is 26.2 Å². The average molecular weight is 329 g/mol. The molecule has 0 atom stereocenters. The van der Waals surface area contributed by atoms with Crippen LogP contribution in [-0.2, 0) is 5.41 Å². The van der Waals surface area contributed by atoms with Crippen molar-refractivity contribution in [3.8, 4) is 16.9 Å². The Kier molecular flexibility index (Phi) is 4.71. The maximum Gasteiger partial charge on any atom is 0.128 e. The van der Waals surface area contributed by atoms with Crippen molar-refractivity contribution in [1.29, 1.82) is 0 Å². The van der Waals surface area contributed by atoms with Crippen LogP contribution in [0.25, 0.3) is 11.1 Å². The summed E-state index contributed by atoms with van der Waals surface area (Å²) in [5.74, 6) is 0.298. The predicted molar refractivity (Wildman–Crippen MR) is 106 cm³/mol. The first kappa shape index (κ1) is 17.0. The minimum atomic E-state index is -0.162. The number of aliphatic imine (C=N–C) groups is 1. The van der Waals surface area contributed by atoms with Gasteiger partial charge in [-0.1, -0.05) is 69.3 Å². The molecule has 0 aliphatic heterocycles. The molecular formula is C23H23NO. The zero-order valence-electron chi connectivity index (χ0n) is 14.9. The quantitative estimate of drug-likeness (QED) is 0.578. The molecule has 0 spiro atoms. The van der Waals surface area contributed by atoms with Crippen molar-refractivity contribution >= 4 is 11.9 Å². The maximum absolute atomic E-state index is 10.8. The normalized spacial score (nSPS) is 11.8. The lowest BCUT2D eigenvalue weighted by atomic mass is 9.83. The molecule has 0 aliphatic rings. The van der Waals surface area contributed by atoms with E-state index >= 15 is 0 Å². The highest BCUT2D eigenvalue weighted by molar-refractivity contribution is 5.89. The minimum Gasteiger partial charge on any atom is -0.507 e. The first-order valence-corrected chi connectivity index (χ1v) is 8.47. The first-order chi connectivity index (χ1) is 11.9. The predicted octanol–water partition coefficient (Wildman–Crippen LogP) is 6.11. The van der Waals surface area contributed by atoms with Gasteiger partial charge in [-0.25, -0.2) is 0 Å². The summed E-state index contributed by atoms with van der Waals surface area (Å²) in [6.45, 7) is 6.32. The van der Waals surface area contributed by atoms with E-state index in [9.17, 15) is 5.11 Å². The summed E-state index contributed by atoms with van der Waals surface area (Å²) in [5, 5.41) is 10.8. The molecule has 3 rings (SSSR count). The molecule has 126 valence electrons. The molecule has 0 heterocycles. The summed E-state index contributed by atoms with van der Waals surface area (Å²) in [7, 11) is 0. The first-order valence-electron chi connectivity index (χ1n) is 8.47. The van der Waals surface area contributed by atoms with Gasteiger partial charge in [-0.05, 0) is 40.8 Å². The summed E-state index contributed by atoms with van der Waals surface area (Å²) in [6.07, 6.45) is 1.74. The lowest BCUT2D eigenvalue weighted by Gasteiger charge is -2.22. The van der Waals surface area contributed by atoms with Gasteiger partial charge in [-0.2, -0.15) is 0 Å². The van der Waals surface area contributed by atoms with Crippen LogP contribution < -0.4 is 0 Å². The number of benzene rings is 3. The van der Waals surface area contributed by atoms with Crippen LogP contribution in [0.2, 0.25) is 0 Å². The molecule has 3 aromatic carbocycles. The third-order valence-corrected chi connectivity index (χ3v) is 4.16. The van der Waals surface area contributed by atoms with Gasteiger partial charge < -0.3 is 5.11 Å². The Balaban J connectivity index is 2.12. The number of rotatable bonds is 3. The van der Waals surface area contributed by atoms with Crippen LogP contribution in [0.3, 0.4) is 0 Å². The van der Waals surface area contributed by atoms with E-state index in [1.54, 1.807) is 6.21 Å². The second kappa shape index (κ2) is 6.94. The lowest BCUT2D eigenvalue weighted by molar-refractivity contribution is 0.446. The number of phenolic OH excluding ortho intramolecular Hbond substituents is 1. The maximum atomic E-state index is 10.8. The molecule has 0 radical (unpaired) electrons. The number of hydrogen-bond acceptors (Lipinski definition) is 2. The smallest absolute Gasteiger partial charge is 0.128 e. The Morgan fingerprint density at radius 1 is 0.800 bits per heavy atom. The highest BCUT2D eigenvalue weighted by Crippen LogP contribution is 2.36. The molecule has 0 saturated carbocycles. The van der Waals surface area contributed by atoms with Crippen LogP contribution in [-0.4, -0.2) is 11.3 Å². The van der Waals surface area contributed by atoms with E-state index in [2.05, 4.69) is 44.0 Å². The Morgan fingerprint density at radius 2 is 1.40 bits per heavy atom. The highest BCUT2D eigenvalue weighted by atomic mass is 16.3. The van der Waals surface area contributed by atoms with Gasteiger partial charge in [-0.3, -0.25) is 4.99 Å². The lowest BCUT2D eigenvalue weighted by Crippen LogP contribution is -2.12. The number of nitrogens with zero attached hydrogens (tertiary/aromatic N) is 1. The van der Waals surface area contributed by atoms with Gasteiger partial charge in [0.1, 0.15) is 5.75 Å². The summed E-state index contributed by atoms with van der Waals surface area (Å²) in [5.41, 5.74) is 4.56. The van der Waals surface area contributed by atoms with Crippen molar-refractivity contribution in [2.75, 3.05) is 0 Å². The second-order valence-electron chi connectivity index (χ2n) is 7.17. The Bertz CT molecular complexity index is 875. The highest BCUT2D eigenvalue weighted by Gasteiger charge is 2.21. The molecule has 0 aliphatic carbocycles. The van der Waals surface area contributed by atoms with E-state index < -0.39 is 0 Å². The minimum absolute atomic E-state index is 0.162. The molecule has 3 aromatic rings. The fourth-order valence-corrected chi connectivity index (χ4v) is 2.78. The molecule has 0 amide bonds. The standard InChI is InChI=1S/C23H23NO/c1-23(2,3)21-15-18(17-10-6-4-7-11-17)14-19(22(21)25)16-24-20-12-8-5-9-13-20/h4-16,25H,1-3H3. The SMILES string of the molecule is CC(C)(C)c1cc(-c2ccccc2)cc(C=Nc2ccccc2)c1O. The molecular weight excluding hydrogens is 306 g/mol. The third-order valence-electron chi connectivity index (χ3n) is 4.16. The van der Waals surface area contributed by atoms with Gasteiger partial charge in [0.15, 0.2) is 0 Å². The van der Waals surface area contributed by atoms with Gasteiger partial charge in [-0.15, -0.1) is 0 Å². The molecule has 0 bridgehead atoms. The van der Waals surface area contributed by atoms with E-state index in [0.29, 0.717) is 5.75 Å². The molecule has 2 nitrogen and oxygen atoms in total. The topological polar surface area (TPSA) is 32.6 Å². The van der Waals surface area contributed by atoms with Gasteiger partial charge >= 0.3 is 0 Å². The van der Waals surface area contributed by atoms with Gasteiger partial charge in [0.25, 0.3) is 0 Å². The fraction of sp³-hybridized carbons (Fsp3) is 0.174. The van der Waals surface area contributed by atoms with Crippen LogP contribution in [0.5, 0.6) is 5.75 Å². The van der Waals surface area contributed by atoms with Crippen molar-refractivity contribution in [1.82, 2.24) is 0 Å². The largest absolute Gasteiger partial charge is 0.507 e. The van der Waals surface area contributed by atoms with Crippen molar-refractivity contribution in [3.05, 3.63) is 83.9 Å². The van der Waals surface area contributed by atoms with Crippen molar-refractivity contribution in [3.63, 3.8) is 0 Å². The number of para-hydroxylation sites is 1. The number of hydrogen-bond donors (Lipinski definition) is 1. The zero-order valence-corrected chi connectivity index (χ0v) is 14.9. The van der Waals surface area contributed by atoms with Crippen LogP contribution in [0.1, 0.15) is 31.9 Å². The zero-order chi connectivity index (χ0) is 17.9. The second-order valence-corrected chi connectivity index (χ2v) is 7.17. The van der Waals surface area contributed by atoms with E-state index in [0.717, 1.165) is 27.9 Å². The average Bonchev–Trinajstić information content (AvgIpc) is 2.61. The molecule has 0 fully saturated rings.